The third-order valence-electron chi connectivity index (χ3n) is 6.08. The number of benzene rings is 3. The minimum Gasteiger partial charge on any atom is -0.389 e. The molecule has 0 amide bonds. The first-order valence-corrected chi connectivity index (χ1v) is 11.2. The Morgan fingerprint density at radius 1 is 0.697 bits per heavy atom. The molecule has 3 aromatic rings. The minimum atomic E-state index is -1.62. The number of hydrogen-bond acceptors (Lipinski definition) is 6. The van der Waals surface area contributed by atoms with Crippen LogP contribution in [-0.2, 0) is 34.0 Å². The van der Waals surface area contributed by atoms with Crippen molar-refractivity contribution < 1.29 is 24.4 Å². The molecule has 0 aliphatic heterocycles. The summed E-state index contributed by atoms with van der Waals surface area (Å²) in [5, 5.41) is 22.5. The average Bonchev–Trinajstić information content (AvgIpc) is 3.03. The number of aliphatic hydroxyl groups is 2. The van der Waals surface area contributed by atoms with Crippen LogP contribution >= 0.6 is 0 Å². The largest absolute Gasteiger partial charge is 0.389 e. The molecule has 6 heteroatoms. The zero-order valence-electron chi connectivity index (χ0n) is 18.5. The van der Waals surface area contributed by atoms with Gasteiger partial charge in [0.2, 0.25) is 0 Å². The van der Waals surface area contributed by atoms with Crippen LogP contribution in [0.15, 0.2) is 91.0 Å². The van der Waals surface area contributed by atoms with E-state index in [1.807, 2.05) is 91.0 Å². The molecule has 0 spiro atoms. The summed E-state index contributed by atoms with van der Waals surface area (Å²) >= 11 is 0. The Labute approximate surface area is 194 Å². The van der Waals surface area contributed by atoms with Crippen molar-refractivity contribution in [1.29, 1.82) is 0 Å². The Kier molecular flexibility index (Phi) is 7.88. The Morgan fingerprint density at radius 3 is 1.67 bits per heavy atom. The van der Waals surface area contributed by atoms with Gasteiger partial charge >= 0.3 is 0 Å². The van der Waals surface area contributed by atoms with E-state index in [0.29, 0.717) is 6.61 Å². The molecule has 3 aromatic carbocycles. The molecule has 1 fully saturated rings. The zero-order valence-corrected chi connectivity index (χ0v) is 18.5. The molecule has 0 unspecified atom stereocenters. The molecule has 0 saturated heterocycles. The van der Waals surface area contributed by atoms with Gasteiger partial charge in [0.25, 0.3) is 0 Å². The Bertz CT molecular complexity index is 972. The SMILES string of the molecule is N[C@@H]1[C@@H](O)[C@@H](OCc2ccccc2)[C@H](OCc2ccccc2)[C@]1(O)COCc1ccccc1. The summed E-state index contributed by atoms with van der Waals surface area (Å²) in [6, 6.07) is 28.0. The van der Waals surface area contributed by atoms with Crippen LogP contribution in [0, 0.1) is 0 Å². The van der Waals surface area contributed by atoms with Crippen molar-refractivity contribution in [2.45, 2.75) is 49.8 Å². The molecule has 33 heavy (non-hydrogen) atoms. The van der Waals surface area contributed by atoms with Crippen LogP contribution in [-0.4, -0.2) is 46.8 Å². The summed E-state index contributed by atoms with van der Waals surface area (Å²) in [5.74, 6) is 0. The fraction of sp³-hybridized carbons (Fsp3) is 0.333. The van der Waals surface area contributed by atoms with Crippen LogP contribution in [0.4, 0.5) is 0 Å². The smallest absolute Gasteiger partial charge is 0.134 e. The Morgan fingerprint density at radius 2 is 1.15 bits per heavy atom. The molecule has 0 radical (unpaired) electrons. The molecule has 1 aliphatic rings. The van der Waals surface area contributed by atoms with Gasteiger partial charge in [-0.05, 0) is 16.7 Å². The van der Waals surface area contributed by atoms with Crippen molar-refractivity contribution in [2.75, 3.05) is 6.61 Å². The Hall–Kier alpha value is -2.58. The van der Waals surface area contributed by atoms with Crippen LogP contribution in [0.25, 0.3) is 0 Å². The van der Waals surface area contributed by atoms with E-state index < -0.39 is 30.0 Å². The second kappa shape index (κ2) is 11.0. The van der Waals surface area contributed by atoms with Gasteiger partial charge in [-0.15, -0.1) is 0 Å². The molecule has 1 aliphatic carbocycles. The second-order valence-electron chi connectivity index (χ2n) is 8.46. The van der Waals surface area contributed by atoms with E-state index in [2.05, 4.69) is 0 Å². The van der Waals surface area contributed by atoms with Crippen molar-refractivity contribution in [3.8, 4) is 0 Å². The lowest BCUT2D eigenvalue weighted by Crippen LogP contribution is -2.57. The van der Waals surface area contributed by atoms with Gasteiger partial charge < -0.3 is 30.2 Å². The van der Waals surface area contributed by atoms with Crippen LogP contribution in [0.1, 0.15) is 16.7 Å². The molecule has 6 nitrogen and oxygen atoms in total. The van der Waals surface area contributed by atoms with Gasteiger partial charge in [0.05, 0.1) is 32.5 Å². The molecule has 1 saturated carbocycles. The molecule has 5 atom stereocenters. The summed E-state index contributed by atoms with van der Waals surface area (Å²) in [5.41, 5.74) is 7.57. The van der Waals surface area contributed by atoms with Crippen LogP contribution in [0.5, 0.6) is 0 Å². The number of nitrogens with two attached hydrogens (primary N) is 1. The number of hydrogen-bond donors (Lipinski definition) is 3. The van der Waals surface area contributed by atoms with Crippen LogP contribution in [0.3, 0.4) is 0 Å². The normalized spacial score (nSPS) is 27.0. The quantitative estimate of drug-likeness (QED) is 0.441. The fourth-order valence-electron chi connectivity index (χ4n) is 4.19. The van der Waals surface area contributed by atoms with Gasteiger partial charge in [-0.3, -0.25) is 0 Å². The summed E-state index contributed by atoms with van der Waals surface area (Å²) in [6.45, 7) is 0.732. The summed E-state index contributed by atoms with van der Waals surface area (Å²) < 4.78 is 18.1. The maximum absolute atomic E-state index is 11.6. The molecule has 0 aromatic heterocycles. The third kappa shape index (κ3) is 5.68. The highest BCUT2D eigenvalue weighted by Crippen LogP contribution is 2.36. The maximum Gasteiger partial charge on any atom is 0.134 e. The van der Waals surface area contributed by atoms with Crippen LogP contribution in [0.2, 0.25) is 0 Å². The minimum absolute atomic E-state index is 0.0925. The lowest BCUT2D eigenvalue weighted by molar-refractivity contribution is -0.172. The van der Waals surface area contributed by atoms with Gasteiger partial charge in [0.15, 0.2) is 0 Å². The highest BCUT2D eigenvalue weighted by molar-refractivity contribution is 5.18. The molecular formula is C27H31NO5. The van der Waals surface area contributed by atoms with E-state index in [9.17, 15) is 10.2 Å². The molecule has 4 N–H and O–H groups in total. The summed E-state index contributed by atoms with van der Waals surface area (Å²) in [7, 11) is 0. The van der Waals surface area contributed by atoms with Crippen molar-refractivity contribution in [1.82, 2.24) is 0 Å². The van der Waals surface area contributed by atoms with Gasteiger partial charge in [-0.2, -0.15) is 0 Å². The molecule has 4 rings (SSSR count). The first-order valence-electron chi connectivity index (χ1n) is 11.2. The highest BCUT2D eigenvalue weighted by Gasteiger charge is 2.60. The average molecular weight is 450 g/mol. The predicted octanol–water partition coefficient (Wildman–Crippen LogP) is 2.81. The highest BCUT2D eigenvalue weighted by atomic mass is 16.6. The second-order valence-corrected chi connectivity index (χ2v) is 8.46. The lowest BCUT2D eigenvalue weighted by atomic mass is 9.96. The topological polar surface area (TPSA) is 94.2 Å². The number of aliphatic hydroxyl groups excluding tert-OH is 1. The standard InChI is InChI=1S/C27H31NO5/c28-25-23(29)24(32-17-21-12-6-2-7-13-21)26(33-18-22-14-8-3-9-15-22)27(25,30)19-31-16-20-10-4-1-5-11-20/h1-15,23-26,29-30H,16-19,28H2/t23-,24+,25+,26-,27-/m0/s1. The van der Waals surface area contributed by atoms with E-state index in [0.717, 1.165) is 16.7 Å². The van der Waals surface area contributed by atoms with E-state index in [4.69, 9.17) is 19.9 Å². The van der Waals surface area contributed by atoms with Gasteiger partial charge in [-0.25, -0.2) is 0 Å². The third-order valence-corrected chi connectivity index (χ3v) is 6.08. The monoisotopic (exact) mass is 449 g/mol. The zero-order chi connectivity index (χ0) is 23.1. The van der Waals surface area contributed by atoms with E-state index in [-0.39, 0.29) is 19.8 Å². The first-order chi connectivity index (χ1) is 16.1. The van der Waals surface area contributed by atoms with Gasteiger partial charge in [-0.1, -0.05) is 91.0 Å². The first kappa shape index (κ1) is 23.6. The maximum atomic E-state index is 11.6. The van der Waals surface area contributed by atoms with Crippen molar-refractivity contribution in [3.63, 3.8) is 0 Å². The molecule has 0 heterocycles. The molecular weight excluding hydrogens is 418 g/mol. The lowest BCUT2D eigenvalue weighted by Gasteiger charge is -2.34. The van der Waals surface area contributed by atoms with Crippen molar-refractivity contribution >= 4 is 0 Å². The van der Waals surface area contributed by atoms with Crippen LogP contribution < -0.4 is 5.73 Å². The molecule has 174 valence electrons. The van der Waals surface area contributed by atoms with E-state index in [1.54, 1.807) is 0 Å². The summed E-state index contributed by atoms with van der Waals surface area (Å²) in [4.78, 5) is 0. The number of ether oxygens (including phenoxy) is 3. The predicted molar refractivity (Wildman–Crippen MR) is 125 cm³/mol. The Balaban J connectivity index is 1.49. The number of rotatable bonds is 10. The summed E-state index contributed by atoms with van der Waals surface area (Å²) in [6.07, 6.45) is -2.80. The van der Waals surface area contributed by atoms with Gasteiger partial charge in [0.1, 0.15) is 23.9 Å². The van der Waals surface area contributed by atoms with Gasteiger partial charge in [0, 0.05) is 0 Å². The fourth-order valence-corrected chi connectivity index (χ4v) is 4.19. The van der Waals surface area contributed by atoms with Crippen molar-refractivity contribution in [3.05, 3.63) is 108 Å². The van der Waals surface area contributed by atoms with Crippen molar-refractivity contribution in [2.24, 2.45) is 5.73 Å². The molecule has 0 bridgehead atoms. The van der Waals surface area contributed by atoms with E-state index >= 15 is 0 Å². The van der Waals surface area contributed by atoms with E-state index in [1.165, 1.54) is 0 Å².